The third-order valence-corrected chi connectivity index (χ3v) is 4.15. The maximum Gasteiger partial charge on any atom is 0.202 e. The molecule has 2 heterocycles. The molecule has 90 valence electrons. The van der Waals surface area contributed by atoms with Crippen LogP contribution in [0.3, 0.4) is 0 Å². The molecule has 0 amide bonds. The lowest BCUT2D eigenvalue weighted by Gasteiger charge is -2.37. The molecule has 1 saturated heterocycles. The van der Waals surface area contributed by atoms with Crippen LogP contribution in [0.25, 0.3) is 0 Å². The minimum atomic E-state index is 0.409. The number of nitrogens with zero attached hydrogens (tertiary/aromatic N) is 3. The molecule has 1 N–H and O–H groups in total. The molecule has 0 spiro atoms. The molecule has 1 aliphatic heterocycles. The Hall–Kier alpha value is -0.680. The van der Waals surface area contributed by atoms with Crippen molar-refractivity contribution in [2.75, 3.05) is 32.0 Å². The van der Waals surface area contributed by atoms with Gasteiger partial charge in [-0.2, -0.15) is 4.37 Å². The van der Waals surface area contributed by atoms with Gasteiger partial charge < -0.3 is 10.2 Å². The number of likely N-dealkylation sites (tertiary alicyclic amines) is 1. The van der Waals surface area contributed by atoms with Crippen molar-refractivity contribution in [3.8, 4) is 0 Å². The molecular weight excluding hydrogens is 220 g/mol. The molecule has 5 heteroatoms. The zero-order valence-corrected chi connectivity index (χ0v) is 11.1. The van der Waals surface area contributed by atoms with Gasteiger partial charge in [0.25, 0.3) is 0 Å². The molecule has 0 aromatic carbocycles. The molecular formula is C11H20N4S. The van der Waals surface area contributed by atoms with Crippen LogP contribution in [0.2, 0.25) is 0 Å². The fourth-order valence-electron chi connectivity index (χ4n) is 1.99. The Kier molecular flexibility index (Phi) is 3.44. The van der Waals surface area contributed by atoms with Gasteiger partial charge in [-0.15, -0.1) is 0 Å². The Morgan fingerprint density at radius 1 is 1.44 bits per heavy atom. The van der Waals surface area contributed by atoms with Gasteiger partial charge in [-0.25, -0.2) is 4.98 Å². The van der Waals surface area contributed by atoms with Crippen LogP contribution in [0, 0.1) is 12.3 Å². The number of anilines is 1. The van der Waals surface area contributed by atoms with Gasteiger partial charge in [0.05, 0.1) is 0 Å². The van der Waals surface area contributed by atoms with Crippen molar-refractivity contribution in [1.82, 2.24) is 14.3 Å². The van der Waals surface area contributed by atoms with Gasteiger partial charge in [-0.1, -0.05) is 6.92 Å². The molecule has 0 atom stereocenters. The number of hydrogen-bond donors (Lipinski definition) is 1. The number of hydrogen-bond acceptors (Lipinski definition) is 5. The summed E-state index contributed by atoms with van der Waals surface area (Å²) in [6, 6.07) is 0. The average Bonchev–Trinajstić information content (AvgIpc) is 2.67. The topological polar surface area (TPSA) is 41.1 Å². The monoisotopic (exact) mass is 240 g/mol. The summed E-state index contributed by atoms with van der Waals surface area (Å²) in [5, 5.41) is 4.37. The normalized spacial score (nSPS) is 20.9. The minimum Gasteiger partial charge on any atom is -0.360 e. The van der Waals surface area contributed by atoms with Crippen molar-refractivity contribution in [3.05, 3.63) is 5.82 Å². The molecule has 16 heavy (non-hydrogen) atoms. The first-order chi connectivity index (χ1) is 7.57. The van der Waals surface area contributed by atoms with Crippen molar-refractivity contribution >= 4 is 16.7 Å². The van der Waals surface area contributed by atoms with E-state index in [0.717, 1.165) is 17.5 Å². The van der Waals surface area contributed by atoms with E-state index in [4.69, 9.17) is 0 Å². The number of piperidine rings is 1. The van der Waals surface area contributed by atoms with Gasteiger partial charge in [0.1, 0.15) is 5.82 Å². The highest BCUT2D eigenvalue weighted by Gasteiger charge is 2.28. The molecule has 0 bridgehead atoms. The van der Waals surface area contributed by atoms with Crippen LogP contribution in [-0.4, -0.2) is 40.9 Å². The predicted octanol–water partition coefficient (Wildman–Crippen LogP) is 1.99. The highest BCUT2D eigenvalue weighted by atomic mass is 32.1. The van der Waals surface area contributed by atoms with Gasteiger partial charge >= 0.3 is 0 Å². The highest BCUT2D eigenvalue weighted by Crippen LogP contribution is 2.30. The zero-order valence-electron chi connectivity index (χ0n) is 10.3. The average molecular weight is 240 g/mol. The van der Waals surface area contributed by atoms with Gasteiger partial charge in [-0.05, 0) is 45.3 Å². The first kappa shape index (κ1) is 11.8. The third-order valence-electron chi connectivity index (χ3n) is 3.39. The Balaban J connectivity index is 1.85. The van der Waals surface area contributed by atoms with Crippen molar-refractivity contribution in [1.29, 1.82) is 0 Å². The summed E-state index contributed by atoms with van der Waals surface area (Å²) in [6.45, 7) is 7.70. The Morgan fingerprint density at radius 3 is 2.69 bits per heavy atom. The molecule has 1 aromatic rings. The van der Waals surface area contributed by atoms with Gasteiger partial charge in [0.15, 0.2) is 0 Å². The van der Waals surface area contributed by atoms with Gasteiger partial charge in [0.2, 0.25) is 5.13 Å². The van der Waals surface area contributed by atoms with Crippen molar-refractivity contribution in [2.24, 2.45) is 5.41 Å². The number of rotatable bonds is 3. The maximum atomic E-state index is 4.33. The standard InChI is InChI=1S/C11H20N4S/c1-9-13-10(16-14-9)12-8-11(2)4-6-15(3)7-5-11/h4-8H2,1-3H3,(H,12,13,14). The van der Waals surface area contributed by atoms with Gasteiger partial charge in [0, 0.05) is 18.1 Å². The Bertz CT molecular complexity index is 342. The predicted molar refractivity (Wildman–Crippen MR) is 68.0 cm³/mol. The van der Waals surface area contributed by atoms with Crippen LogP contribution in [0.15, 0.2) is 0 Å². The van der Waals surface area contributed by atoms with Crippen molar-refractivity contribution in [2.45, 2.75) is 26.7 Å². The molecule has 2 rings (SSSR count). The molecule has 0 saturated carbocycles. The Labute approximate surface area is 101 Å². The number of aromatic nitrogens is 2. The third kappa shape index (κ3) is 2.92. The SMILES string of the molecule is Cc1nsc(NCC2(C)CCN(C)CC2)n1. The second-order valence-electron chi connectivity index (χ2n) is 5.11. The summed E-state index contributed by atoms with van der Waals surface area (Å²) in [4.78, 5) is 6.73. The molecule has 1 fully saturated rings. The second-order valence-corrected chi connectivity index (χ2v) is 5.87. The fourth-order valence-corrected chi connectivity index (χ4v) is 2.56. The first-order valence-corrected chi connectivity index (χ1v) is 6.57. The van der Waals surface area contributed by atoms with Crippen LogP contribution in [-0.2, 0) is 0 Å². The maximum absolute atomic E-state index is 4.33. The van der Waals surface area contributed by atoms with E-state index in [-0.39, 0.29) is 0 Å². The lowest BCUT2D eigenvalue weighted by molar-refractivity contribution is 0.150. The van der Waals surface area contributed by atoms with E-state index in [9.17, 15) is 0 Å². The summed E-state index contributed by atoms with van der Waals surface area (Å²) in [6.07, 6.45) is 2.52. The van der Waals surface area contributed by atoms with E-state index in [2.05, 4.69) is 33.5 Å². The Morgan fingerprint density at radius 2 is 2.12 bits per heavy atom. The number of nitrogens with one attached hydrogen (secondary N) is 1. The first-order valence-electron chi connectivity index (χ1n) is 5.80. The second kappa shape index (κ2) is 4.67. The quantitative estimate of drug-likeness (QED) is 0.877. The molecule has 1 aromatic heterocycles. The molecule has 4 nitrogen and oxygen atoms in total. The summed E-state index contributed by atoms with van der Waals surface area (Å²) in [7, 11) is 2.20. The smallest absolute Gasteiger partial charge is 0.202 e. The van der Waals surface area contributed by atoms with E-state index in [1.165, 1.54) is 37.5 Å². The lowest BCUT2D eigenvalue weighted by Crippen LogP contribution is -2.40. The zero-order chi connectivity index (χ0) is 11.6. The summed E-state index contributed by atoms with van der Waals surface area (Å²) < 4.78 is 4.17. The molecule has 0 aliphatic carbocycles. The minimum absolute atomic E-state index is 0.409. The molecule has 1 aliphatic rings. The summed E-state index contributed by atoms with van der Waals surface area (Å²) in [5.74, 6) is 0.862. The van der Waals surface area contributed by atoms with E-state index < -0.39 is 0 Å². The van der Waals surface area contributed by atoms with Crippen LogP contribution < -0.4 is 5.32 Å². The van der Waals surface area contributed by atoms with Crippen LogP contribution in [0.4, 0.5) is 5.13 Å². The van der Waals surface area contributed by atoms with Crippen molar-refractivity contribution < 1.29 is 0 Å². The van der Waals surface area contributed by atoms with E-state index >= 15 is 0 Å². The lowest BCUT2D eigenvalue weighted by atomic mass is 9.80. The molecule has 0 unspecified atom stereocenters. The van der Waals surface area contributed by atoms with E-state index in [0.29, 0.717) is 5.41 Å². The summed E-state index contributed by atoms with van der Waals surface area (Å²) >= 11 is 1.45. The molecule has 0 radical (unpaired) electrons. The van der Waals surface area contributed by atoms with Gasteiger partial charge in [-0.3, -0.25) is 0 Å². The number of aryl methyl sites for hydroxylation is 1. The van der Waals surface area contributed by atoms with E-state index in [1.54, 1.807) is 0 Å². The highest BCUT2D eigenvalue weighted by molar-refractivity contribution is 7.09. The van der Waals surface area contributed by atoms with Crippen LogP contribution in [0.1, 0.15) is 25.6 Å². The largest absolute Gasteiger partial charge is 0.360 e. The van der Waals surface area contributed by atoms with Crippen molar-refractivity contribution in [3.63, 3.8) is 0 Å². The van der Waals surface area contributed by atoms with Crippen LogP contribution >= 0.6 is 11.5 Å². The van der Waals surface area contributed by atoms with Crippen LogP contribution in [0.5, 0.6) is 0 Å². The van der Waals surface area contributed by atoms with E-state index in [1.807, 2.05) is 6.92 Å². The fraction of sp³-hybridized carbons (Fsp3) is 0.818. The summed E-state index contributed by atoms with van der Waals surface area (Å²) in [5.41, 5.74) is 0.409.